The van der Waals surface area contributed by atoms with Crippen LogP contribution in [0.25, 0.3) is 0 Å². The van der Waals surface area contributed by atoms with E-state index in [-0.39, 0.29) is 30.9 Å². The molecule has 1 saturated heterocycles. The Kier molecular flexibility index (Phi) is 8.70. The fourth-order valence-electron chi connectivity index (χ4n) is 2.20. The van der Waals surface area contributed by atoms with Crippen molar-refractivity contribution in [2.45, 2.75) is 6.04 Å². The van der Waals surface area contributed by atoms with Crippen LogP contribution < -0.4 is 5.32 Å². The highest BCUT2D eigenvalue weighted by Gasteiger charge is 2.21. The van der Waals surface area contributed by atoms with Crippen LogP contribution in [0.5, 0.6) is 5.75 Å². The molecule has 1 aromatic carbocycles. The predicted octanol–water partition coefficient (Wildman–Crippen LogP) is 3.13. The van der Waals surface area contributed by atoms with E-state index in [0.717, 1.165) is 36.2 Å². The average molecular weight is 370 g/mol. The number of phenolic OH excluding ortho intramolecular Hbond substituents is 1. The van der Waals surface area contributed by atoms with Gasteiger partial charge in [-0.1, -0.05) is 28.1 Å². The summed E-state index contributed by atoms with van der Waals surface area (Å²) in [5.41, 5.74) is 0.921. The maximum Gasteiger partial charge on any atom is 0.121 e. The first-order valence-corrected chi connectivity index (χ1v) is 6.57. The van der Waals surface area contributed by atoms with Crippen LogP contribution in [0.15, 0.2) is 35.3 Å². The summed E-state index contributed by atoms with van der Waals surface area (Å²) in [6.45, 7) is 7.82. The van der Waals surface area contributed by atoms with Gasteiger partial charge in [-0.2, -0.15) is 0 Å². The summed E-state index contributed by atoms with van der Waals surface area (Å²) in [6, 6.07) is 5.72. The normalized spacial score (nSPS) is 16.9. The smallest absolute Gasteiger partial charge is 0.121 e. The second-order valence-electron chi connectivity index (χ2n) is 4.17. The summed E-state index contributed by atoms with van der Waals surface area (Å²) in [4.78, 5) is 2.33. The number of nitrogens with one attached hydrogen (secondary N) is 1. The highest BCUT2D eigenvalue weighted by atomic mass is 79.9. The van der Waals surface area contributed by atoms with Gasteiger partial charge in [0.2, 0.25) is 0 Å². The minimum absolute atomic E-state index is 0. The van der Waals surface area contributed by atoms with E-state index in [1.54, 1.807) is 6.07 Å². The minimum atomic E-state index is 0. The molecule has 0 radical (unpaired) electrons. The molecule has 1 fully saturated rings. The van der Waals surface area contributed by atoms with Crippen LogP contribution >= 0.6 is 40.7 Å². The lowest BCUT2D eigenvalue weighted by molar-refractivity contribution is 0.201. The van der Waals surface area contributed by atoms with Crippen LogP contribution in [0.4, 0.5) is 0 Å². The maximum atomic E-state index is 10.0. The highest BCUT2D eigenvalue weighted by molar-refractivity contribution is 9.10. The van der Waals surface area contributed by atoms with Crippen LogP contribution in [0.2, 0.25) is 0 Å². The molecule has 1 heterocycles. The van der Waals surface area contributed by atoms with Gasteiger partial charge in [0.15, 0.2) is 0 Å². The molecule has 108 valence electrons. The SMILES string of the molecule is C=C[C@@H](c1ccc(Br)cc1O)N1CCNCC1.Cl.Cl. The Morgan fingerprint density at radius 1 is 1.32 bits per heavy atom. The molecule has 2 N–H and O–H groups in total. The van der Waals surface area contributed by atoms with Crippen LogP contribution in [0.3, 0.4) is 0 Å². The first-order chi connectivity index (χ1) is 8.22. The number of hydrogen-bond acceptors (Lipinski definition) is 3. The Morgan fingerprint density at radius 3 is 2.47 bits per heavy atom. The van der Waals surface area contributed by atoms with E-state index in [1.807, 2.05) is 18.2 Å². The van der Waals surface area contributed by atoms with Crippen molar-refractivity contribution in [1.29, 1.82) is 0 Å². The van der Waals surface area contributed by atoms with Crippen molar-refractivity contribution >= 4 is 40.7 Å². The van der Waals surface area contributed by atoms with Crippen molar-refractivity contribution < 1.29 is 5.11 Å². The molecular weight excluding hydrogens is 351 g/mol. The number of piperazine rings is 1. The van der Waals surface area contributed by atoms with Gasteiger partial charge >= 0.3 is 0 Å². The molecule has 0 aliphatic carbocycles. The Labute approximate surface area is 135 Å². The molecule has 0 bridgehead atoms. The zero-order valence-electron chi connectivity index (χ0n) is 10.5. The third kappa shape index (κ3) is 4.65. The van der Waals surface area contributed by atoms with Crippen molar-refractivity contribution in [3.8, 4) is 5.75 Å². The molecule has 0 saturated carbocycles. The third-order valence-corrected chi connectivity index (χ3v) is 3.57. The van der Waals surface area contributed by atoms with Gasteiger partial charge in [0.1, 0.15) is 5.75 Å². The number of halogens is 3. The van der Waals surface area contributed by atoms with Gasteiger partial charge in [0.05, 0.1) is 6.04 Å². The van der Waals surface area contributed by atoms with Gasteiger partial charge < -0.3 is 10.4 Å². The van der Waals surface area contributed by atoms with Crippen molar-refractivity contribution in [1.82, 2.24) is 10.2 Å². The lowest BCUT2D eigenvalue weighted by Crippen LogP contribution is -2.44. The number of nitrogens with zero attached hydrogens (tertiary/aromatic N) is 1. The van der Waals surface area contributed by atoms with E-state index in [1.165, 1.54) is 0 Å². The summed E-state index contributed by atoms with van der Waals surface area (Å²) in [5.74, 6) is 0.322. The fourth-order valence-corrected chi connectivity index (χ4v) is 2.55. The Hall–Kier alpha value is -0.260. The molecule has 1 aromatic rings. The van der Waals surface area contributed by atoms with Gasteiger partial charge in [-0.25, -0.2) is 0 Å². The zero-order chi connectivity index (χ0) is 12.3. The molecule has 6 heteroatoms. The van der Waals surface area contributed by atoms with Gasteiger partial charge in [-0.05, 0) is 12.1 Å². The van der Waals surface area contributed by atoms with Gasteiger partial charge in [0.25, 0.3) is 0 Å². The van der Waals surface area contributed by atoms with Crippen molar-refractivity contribution in [3.63, 3.8) is 0 Å². The second kappa shape index (κ2) is 8.82. The molecule has 19 heavy (non-hydrogen) atoms. The Morgan fingerprint density at radius 2 is 1.95 bits per heavy atom. The first-order valence-electron chi connectivity index (χ1n) is 5.78. The van der Waals surface area contributed by atoms with Crippen molar-refractivity contribution in [3.05, 3.63) is 40.9 Å². The summed E-state index contributed by atoms with van der Waals surface area (Å²) in [6.07, 6.45) is 1.90. The van der Waals surface area contributed by atoms with E-state index in [0.29, 0.717) is 5.75 Å². The van der Waals surface area contributed by atoms with Gasteiger partial charge in [-0.15, -0.1) is 31.4 Å². The maximum absolute atomic E-state index is 10.0. The van der Waals surface area contributed by atoms with E-state index < -0.39 is 0 Å². The number of phenols is 1. The molecule has 0 aromatic heterocycles. The van der Waals surface area contributed by atoms with Crippen molar-refractivity contribution in [2.75, 3.05) is 26.2 Å². The third-order valence-electron chi connectivity index (χ3n) is 3.08. The standard InChI is InChI=1S/C13H17BrN2O.2ClH/c1-2-12(16-7-5-15-6-8-16)11-4-3-10(14)9-13(11)17;;/h2-4,9,12,15,17H,1,5-8H2;2*1H/t12-;;/m0../s1. The largest absolute Gasteiger partial charge is 0.508 e. The van der Waals surface area contributed by atoms with E-state index in [9.17, 15) is 5.11 Å². The highest BCUT2D eigenvalue weighted by Crippen LogP contribution is 2.31. The quantitative estimate of drug-likeness (QED) is 0.803. The molecule has 0 amide bonds. The summed E-state index contributed by atoms with van der Waals surface area (Å²) in [7, 11) is 0. The van der Waals surface area contributed by atoms with Crippen LogP contribution in [0, 0.1) is 0 Å². The lowest BCUT2D eigenvalue weighted by atomic mass is 10.0. The molecule has 1 atom stereocenters. The number of hydrogen-bond donors (Lipinski definition) is 2. The van der Waals surface area contributed by atoms with E-state index in [2.05, 4.69) is 32.7 Å². The Bertz CT molecular complexity index is 412. The summed E-state index contributed by atoms with van der Waals surface area (Å²) in [5, 5.41) is 13.3. The van der Waals surface area contributed by atoms with E-state index in [4.69, 9.17) is 0 Å². The predicted molar refractivity (Wildman–Crippen MR) is 87.7 cm³/mol. The van der Waals surface area contributed by atoms with Crippen LogP contribution in [-0.2, 0) is 0 Å². The molecule has 0 unspecified atom stereocenters. The monoisotopic (exact) mass is 368 g/mol. The topological polar surface area (TPSA) is 35.5 Å². The Balaban J connectivity index is 0.00000162. The van der Waals surface area contributed by atoms with Gasteiger partial charge in [-0.3, -0.25) is 4.90 Å². The minimum Gasteiger partial charge on any atom is -0.508 e. The first kappa shape index (κ1) is 18.7. The number of benzene rings is 1. The van der Waals surface area contributed by atoms with Crippen LogP contribution in [-0.4, -0.2) is 36.2 Å². The second-order valence-corrected chi connectivity index (χ2v) is 5.09. The van der Waals surface area contributed by atoms with Crippen molar-refractivity contribution in [2.24, 2.45) is 0 Å². The lowest BCUT2D eigenvalue weighted by Gasteiger charge is -2.33. The van der Waals surface area contributed by atoms with Crippen LogP contribution in [0.1, 0.15) is 11.6 Å². The number of aromatic hydroxyl groups is 1. The number of rotatable bonds is 3. The molecular formula is C13H19BrCl2N2O. The summed E-state index contributed by atoms with van der Waals surface area (Å²) < 4.78 is 0.891. The average Bonchev–Trinajstić information content (AvgIpc) is 2.34. The molecule has 2 rings (SSSR count). The fraction of sp³-hybridized carbons (Fsp3) is 0.385. The zero-order valence-corrected chi connectivity index (χ0v) is 13.7. The molecule has 1 aliphatic heterocycles. The molecule has 3 nitrogen and oxygen atoms in total. The van der Waals surface area contributed by atoms with E-state index >= 15 is 0 Å². The molecule has 0 spiro atoms. The molecule has 1 aliphatic rings. The summed E-state index contributed by atoms with van der Waals surface area (Å²) >= 11 is 3.35. The van der Waals surface area contributed by atoms with Gasteiger partial charge in [0, 0.05) is 36.2 Å².